The van der Waals surface area contributed by atoms with E-state index in [4.69, 9.17) is 5.14 Å². The van der Waals surface area contributed by atoms with E-state index < -0.39 is 20.0 Å². The van der Waals surface area contributed by atoms with Crippen LogP contribution >= 0.6 is 0 Å². The van der Waals surface area contributed by atoms with E-state index in [1.165, 1.54) is 0 Å². The van der Waals surface area contributed by atoms with Crippen LogP contribution in [0.1, 0.15) is 31.2 Å². The van der Waals surface area contributed by atoms with Crippen molar-refractivity contribution in [2.45, 2.75) is 36.7 Å². The van der Waals surface area contributed by atoms with Crippen molar-refractivity contribution >= 4 is 25.7 Å². The molecule has 0 radical (unpaired) electrons. The molecule has 0 heterocycles. The Labute approximate surface area is 119 Å². The van der Waals surface area contributed by atoms with Crippen molar-refractivity contribution in [1.82, 2.24) is 0 Å². The molecule has 1 saturated carbocycles. The average Bonchev–Trinajstić information content (AvgIpc) is 2.84. The fraction of sp³-hybridized carbons (Fsp3) is 0.500. The van der Waals surface area contributed by atoms with E-state index in [0.29, 0.717) is 24.1 Å². The highest BCUT2D eigenvalue weighted by molar-refractivity contribution is 7.93. The van der Waals surface area contributed by atoms with Gasteiger partial charge < -0.3 is 0 Å². The molecule has 112 valence electrons. The van der Waals surface area contributed by atoms with Crippen LogP contribution in [-0.2, 0) is 25.8 Å². The minimum absolute atomic E-state index is 0.261. The maximum absolute atomic E-state index is 12.1. The first-order valence-corrected chi connectivity index (χ1v) is 9.63. The van der Waals surface area contributed by atoms with Gasteiger partial charge in [-0.1, -0.05) is 25.0 Å². The van der Waals surface area contributed by atoms with Gasteiger partial charge in [0.2, 0.25) is 20.0 Å². The number of rotatable bonds is 5. The Kier molecular flexibility index (Phi) is 4.36. The predicted octanol–water partition coefficient (Wildman–Crippen LogP) is 1.16. The minimum atomic E-state index is -3.58. The maximum Gasteiger partial charge on any atom is 0.235 e. The fourth-order valence-electron chi connectivity index (χ4n) is 2.35. The molecule has 0 spiro atoms. The summed E-state index contributed by atoms with van der Waals surface area (Å²) >= 11 is 0. The highest BCUT2D eigenvalue weighted by Gasteiger charge is 2.28. The Morgan fingerprint density at radius 3 is 2.10 bits per heavy atom. The quantitative estimate of drug-likeness (QED) is 0.849. The van der Waals surface area contributed by atoms with E-state index in [1.54, 1.807) is 24.3 Å². The molecular formula is C12H18N2O4S2. The molecule has 8 heteroatoms. The summed E-state index contributed by atoms with van der Waals surface area (Å²) in [5, 5.41) is 4.62. The molecule has 0 amide bonds. The summed E-state index contributed by atoms with van der Waals surface area (Å²) in [5.41, 5.74) is 0.964. The van der Waals surface area contributed by atoms with Crippen molar-refractivity contribution in [3.8, 4) is 0 Å². The summed E-state index contributed by atoms with van der Waals surface area (Å²) in [6, 6.07) is 6.20. The van der Waals surface area contributed by atoms with E-state index in [9.17, 15) is 16.8 Å². The van der Waals surface area contributed by atoms with Gasteiger partial charge in [0.15, 0.2) is 0 Å². The number of primary sulfonamides is 1. The lowest BCUT2D eigenvalue weighted by atomic mass is 10.2. The first-order valence-electron chi connectivity index (χ1n) is 6.37. The smallest absolute Gasteiger partial charge is 0.235 e. The molecule has 0 atom stereocenters. The lowest BCUT2D eigenvalue weighted by Gasteiger charge is -2.13. The van der Waals surface area contributed by atoms with Crippen LogP contribution < -0.4 is 9.86 Å². The Hall–Kier alpha value is -1.12. The maximum atomic E-state index is 12.1. The van der Waals surface area contributed by atoms with Crippen LogP contribution in [0.2, 0.25) is 0 Å². The Bertz CT molecular complexity index is 660. The van der Waals surface area contributed by atoms with Crippen molar-refractivity contribution in [2.24, 2.45) is 5.14 Å². The Morgan fingerprint density at radius 1 is 1.05 bits per heavy atom. The molecule has 6 nitrogen and oxygen atoms in total. The summed E-state index contributed by atoms with van der Waals surface area (Å²) in [5.74, 6) is -0.261. The van der Waals surface area contributed by atoms with Gasteiger partial charge in [-0.2, -0.15) is 0 Å². The second-order valence-electron chi connectivity index (χ2n) is 5.06. The van der Waals surface area contributed by atoms with Gasteiger partial charge in [-0.3, -0.25) is 4.72 Å². The number of nitrogens with two attached hydrogens (primary N) is 1. The van der Waals surface area contributed by atoms with Gasteiger partial charge in [-0.05, 0) is 30.5 Å². The highest BCUT2D eigenvalue weighted by Crippen LogP contribution is 2.26. The van der Waals surface area contributed by atoms with Gasteiger partial charge in [0.25, 0.3) is 0 Å². The zero-order chi connectivity index (χ0) is 14.8. The monoisotopic (exact) mass is 318 g/mol. The number of benzene rings is 1. The van der Waals surface area contributed by atoms with E-state index in [0.717, 1.165) is 12.8 Å². The molecule has 1 fully saturated rings. The summed E-state index contributed by atoms with van der Waals surface area (Å²) in [4.78, 5) is 0. The molecule has 0 aliphatic heterocycles. The molecule has 0 bridgehead atoms. The van der Waals surface area contributed by atoms with Crippen molar-refractivity contribution in [2.75, 3.05) is 4.72 Å². The van der Waals surface area contributed by atoms with E-state index in [1.807, 2.05) is 0 Å². The molecule has 20 heavy (non-hydrogen) atoms. The van der Waals surface area contributed by atoms with E-state index in [-0.39, 0.29) is 11.0 Å². The van der Waals surface area contributed by atoms with Crippen LogP contribution in [0.3, 0.4) is 0 Å². The average molecular weight is 318 g/mol. The van der Waals surface area contributed by atoms with Crippen molar-refractivity contribution in [3.05, 3.63) is 29.8 Å². The number of hydrogen-bond acceptors (Lipinski definition) is 4. The topological polar surface area (TPSA) is 106 Å². The third-order valence-electron chi connectivity index (χ3n) is 3.32. The van der Waals surface area contributed by atoms with E-state index >= 15 is 0 Å². The highest BCUT2D eigenvalue weighted by atomic mass is 32.2. The second kappa shape index (κ2) is 5.71. The molecular weight excluding hydrogens is 300 g/mol. The van der Waals surface area contributed by atoms with Crippen molar-refractivity contribution in [1.29, 1.82) is 0 Å². The van der Waals surface area contributed by atoms with Gasteiger partial charge in [0.05, 0.1) is 11.0 Å². The molecule has 0 unspecified atom stereocenters. The minimum Gasteiger partial charge on any atom is -0.283 e. The number of nitrogens with one attached hydrogen (secondary N) is 1. The Balaban J connectivity index is 2.07. The van der Waals surface area contributed by atoms with Gasteiger partial charge in [0.1, 0.15) is 0 Å². The molecule has 1 aliphatic rings. The molecule has 2 rings (SSSR count). The van der Waals surface area contributed by atoms with Crippen LogP contribution in [0, 0.1) is 0 Å². The van der Waals surface area contributed by atoms with Gasteiger partial charge >= 0.3 is 0 Å². The third kappa shape index (κ3) is 4.19. The van der Waals surface area contributed by atoms with Gasteiger partial charge in [0, 0.05) is 5.69 Å². The van der Waals surface area contributed by atoms with Crippen LogP contribution in [0.25, 0.3) is 0 Å². The summed E-state index contributed by atoms with van der Waals surface area (Å²) in [6.45, 7) is 0. The number of anilines is 1. The molecule has 0 aromatic heterocycles. The third-order valence-corrected chi connectivity index (χ3v) is 5.93. The molecule has 1 aromatic carbocycles. The van der Waals surface area contributed by atoms with Crippen LogP contribution in [0.5, 0.6) is 0 Å². The second-order valence-corrected chi connectivity index (χ2v) is 8.63. The summed E-state index contributed by atoms with van der Waals surface area (Å²) in [6.07, 6.45) is 3.27. The first-order chi connectivity index (χ1) is 9.26. The SMILES string of the molecule is NS(=O)(=O)Cc1ccc(NS(=O)(=O)C2CCCC2)cc1. The summed E-state index contributed by atoms with van der Waals surface area (Å²) in [7, 11) is -6.93. The van der Waals surface area contributed by atoms with Crippen molar-refractivity contribution in [3.63, 3.8) is 0 Å². The standard InChI is InChI=1S/C12H18N2O4S2/c13-19(15,16)9-10-5-7-11(8-6-10)14-20(17,18)12-3-1-2-4-12/h5-8,12,14H,1-4,9H2,(H2,13,15,16). The molecule has 1 aromatic rings. The number of sulfonamides is 2. The van der Waals surface area contributed by atoms with Gasteiger partial charge in [-0.15, -0.1) is 0 Å². The van der Waals surface area contributed by atoms with Crippen molar-refractivity contribution < 1.29 is 16.8 Å². The zero-order valence-corrected chi connectivity index (χ0v) is 12.6. The number of hydrogen-bond donors (Lipinski definition) is 2. The predicted molar refractivity (Wildman–Crippen MR) is 78.1 cm³/mol. The first kappa shape index (κ1) is 15.3. The largest absolute Gasteiger partial charge is 0.283 e. The normalized spacial score (nSPS) is 17.2. The molecule has 3 N–H and O–H groups in total. The Morgan fingerprint density at radius 2 is 1.60 bits per heavy atom. The van der Waals surface area contributed by atoms with Crippen LogP contribution in [0.4, 0.5) is 5.69 Å². The van der Waals surface area contributed by atoms with Crippen LogP contribution in [-0.4, -0.2) is 22.1 Å². The lowest BCUT2D eigenvalue weighted by Crippen LogP contribution is -2.25. The zero-order valence-electron chi connectivity index (χ0n) is 10.9. The fourth-order valence-corrected chi connectivity index (χ4v) is 4.59. The van der Waals surface area contributed by atoms with Crippen LogP contribution in [0.15, 0.2) is 24.3 Å². The lowest BCUT2D eigenvalue weighted by molar-refractivity contribution is 0.585. The van der Waals surface area contributed by atoms with E-state index in [2.05, 4.69) is 4.72 Å². The van der Waals surface area contributed by atoms with Gasteiger partial charge in [-0.25, -0.2) is 22.0 Å². The summed E-state index contributed by atoms with van der Waals surface area (Å²) < 4.78 is 48.6. The molecule has 1 aliphatic carbocycles. The molecule has 0 saturated heterocycles.